The van der Waals surface area contributed by atoms with Crippen LogP contribution >= 0.6 is 11.3 Å². The van der Waals surface area contributed by atoms with Crippen molar-refractivity contribution < 1.29 is 4.79 Å². The highest BCUT2D eigenvalue weighted by molar-refractivity contribution is 7.09. The van der Waals surface area contributed by atoms with Gasteiger partial charge in [-0.2, -0.15) is 0 Å². The standard InChI is InChI=1S/C11H12N4OS/c1-8-10(17-7-15-8)2-3-14-11(16)9-6-12-4-5-13-9/h4-7H,2-3H2,1H3,(H,14,16). The Kier molecular flexibility index (Phi) is 3.77. The Morgan fingerprint density at radius 1 is 1.41 bits per heavy atom. The maximum Gasteiger partial charge on any atom is 0.271 e. The third kappa shape index (κ3) is 3.07. The zero-order chi connectivity index (χ0) is 12.1. The molecular formula is C11H12N4OS. The molecule has 0 radical (unpaired) electrons. The van der Waals surface area contributed by atoms with E-state index in [1.807, 2.05) is 12.4 Å². The van der Waals surface area contributed by atoms with E-state index >= 15 is 0 Å². The first-order valence-electron chi connectivity index (χ1n) is 5.20. The van der Waals surface area contributed by atoms with Crippen LogP contribution in [0.4, 0.5) is 0 Å². The van der Waals surface area contributed by atoms with Crippen molar-refractivity contribution in [2.75, 3.05) is 6.54 Å². The van der Waals surface area contributed by atoms with Gasteiger partial charge in [-0.05, 0) is 6.92 Å². The van der Waals surface area contributed by atoms with Gasteiger partial charge in [0.2, 0.25) is 0 Å². The van der Waals surface area contributed by atoms with Gasteiger partial charge in [0.25, 0.3) is 5.91 Å². The summed E-state index contributed by atoms with van der Waals surface area (Å²) in [7, 11) is 0. The first-order chi connectivity index (χ1) is 8.27. The lowest BCUT2D eigenvalue weighted by molar-refractivity contribution is 0.0949. The summed E-state index contributed by atoms with van der Waals surface area (Å²) in [6.45, 7) is 2.55. The molecule has 2 rings (SSSR count). The fraction of sp³-hybridized carbons (Fsp3) is 0.273. The van der Waals surface area contributed by atoms with E-state index < -0.39 is 0 Å². The van der Waals surface area contributed by atoms with Crippen LogP contribution in [0.3, 0.4) is 0 Å². The minimum Gasteiger partial charge on any atom is -0.350 e. The van der Waals surface area contributed by atoms with Gasteiger partial charge in [-0.1, -0.05) is 0 Å². The minimum absolute atomic E-state index is 0.194. The molecule has 2 heterocycles. The Hall–Kier alpha value is -1.82. The second-order valence-electron chi connectivity index (χ2n) is 3.46. The van der Waals surface area contributed by atoms with E-state index in [1.165, 1.54) is 23.5 Å². The van der Waals surface area contributed by atoms with Crippen molar-refractivity contribution in [3.05, 3.63) is 40.4 Å². The molecule has 0 fully saturated rings. The first kappa shape index (κ1) is 11.7. The van der Waals surface area contributed by atoms with Gasteiger partial charge in [-0.3, -0.25) is 9.78 Å². The lowest BCUT2D eigenvalue weighted by Gasteiger charge is -2.03. The summed E-state index contributed by atoms with van der Waals surface area (Å²) < 4.78 is 0. The normalized spacial score (nSPS) is 10.2. The Morgan fingerprint density at radius 2 is 2.29 bits per heavy atom. The quantitative estimate of drug-likeness (QED) is 0.883. The molecule has 0 saturated heterocycles. The lowest BCUT2D eigenvalue weighted by atomic mass is 10.3. The topological polar surface area (TPSA) is 67.8 Å². The number of hydrogen-bond acceptors (Lipinski definition) is 5. The summed E-state index contributed by atoms with van der Waals surface area (Å²) in [6.07, 6.45) is 5.29. The Bertz CT molecular complexity index is 497. The fourth-order valence-corrected chi connectivity index (χ4v) is 2.14. The maximum absolute atomic E-state index is 11.6. The van der Waals surface area contributed by atoms with Gasteiger partial charge < -0.3 is 5.32 Å². The number of nitrogens with zero attached hydrogens (tertiary/aromatic N) is 3. The molecule has 1 N–H and O–H groups in total. The summed E-state index contributed by atoms with van der Waals surface area (Å²) in [6, 6.07) is 0. The van der Waals surface area contributed by atoms with Crippen LogP contribution in [0.1, 0.15) is 21.1 Å². The first-order valence-corrected chi connectivity index (χ1v) is 6.08. The van der Waals surface area contributed by atoms with Crippen LogP contribution in [0.15, 0.2) is 24.1 Å². The summed E-state index contributed by atoms with van der Waals surface area (Å²) >= 11 is 1.61. The second-order valence-corrected chi connectivity index (χ2v) is 4.40. The molecule has 17 heavy (non-hydrogen) atoms. The molecule has 0 spiro atoms. The van der Waals surface area contributed by atoms with Crippen LogP contribution in [0.25, 0.3) is 0 Å². The van der Waals surface area contributed by atoms with Crippen LogP contribution in [0.2, 0.25) is 0 Å². The summed E-state index contributed by atoms with van der Waals surface area (Å²) in [4.78, 5) is 24.8. The Balaban J connectivity index is 1.84. The summed E-state index contributed by atoms with van der Waals surface area (Å²) in [5.74, 6) is -0.194. The molecule has 0 aliphatic heterocycles. The zero-order valence-electron chi connectivity index (χ0n) is 9.38. The Labute approximate surface area is 103 Å². The molecule has 1 amide bonds. The van der Waals surface area contributed by atoms with Gasteiger partial charge in [-0.25, -0.2) is 9.97 Å². The highest BCUT2D eigenvalue weighted by atomic mass is 32.1. The summed E-state index contributed by atoms with van der Waals surface area (Å²) in [5, 5.41) is 2.80. The van der Waals surface area contributed by atoms with Crippen molar-refractivity contribution in [3.63, 3.8) is 0 Å². The number of hydrogen-bond donors (Lipinski definition) is 1. The Morgan fingerprint density at radius 3 is 2.94 bits per heavy atom. The molecule has 6 heteroatoms. The second kappa shape index (κ2) is 5.49. The fourth-order valence-electron chi connectivity index (χ4n) is 1.36. The number of carbonyl (C=O) groups excluding carboxylic acids is 1. The van der Waals surface area contributed by atoms with Crippen molar-refractivity contribution in [1.82, 2.24) is 20.3 Å². The van der Waals surface area contributed by atoms with Crippen LogP contribution in [0, 0.1) is 6.92 Å². The van der Waals surface area contributed by atoms with Crippen molar-refractivity contribution >= 4 is 17.2 Å². The number of amides is 1. The van der Waals surface area contributed by atoms with E-state index in [9.17, 15) is 4.79 Å². The summed E-state index contributed by atoms with van der Waals surface area (Å²) in [5.41, 5.74) is 3.19. The number of aromatic nitrogens is 3. The molecule has 0 saturated carbocycles. The zero-order valence-corrected chi connectivity index (χ0v) is 10.2. The largest absolute Gasteiger partial charge is 0.350 e. The predicted octanol–water partition coefficient (Wildman–Crippen LogP) is 1.21. The number of nitrogens with one attached hydrogen (secondary N) is 1. The monoisotopic (exact) mass is 248 g/mol. The number of carbonyl (C=O) groups is 1. The SMILES string of the molecule is Cc1ncsc1CCNC(=O)c1cnccn1. The molecular weight excluding hydrogens is 236 g/mol. The molecule has 0 aliphatic carbocycles. The number of rotatable bonds is 4. The van der Waals surface area contributed by atoms with E-state index in [-0.39, 0.29) is 5.91 Å². The van der Waals surface area contributed by atoms with E-state index in [4.69, 9.17) is 0 Å². The van der Waals surface area contributed by atoms with Crippen LogP contribution in [-0.4, -0.2) is 27.4 Å². The van der Waals surface area contributed by atoms with Gasteiger partial charge in [-0.15, -0.1) is 11.3 Å². The lowest BCUT2D eigenvalue weighted by Crippen LogP contribution is -2.26. The van der Waals surface area contributed by atoms with Crippen molar-refractivity contribution in [2.45, 2.75) is 13.3 Å². The molecule has 88 valence electrons. The third-order valence-electron chi connectivity index (χ3n) is 2.28. The molecule has 0 bridgehead atoms. The van der Waals surface area contributed by atoms with Gasteiger partial charge in [0.1, 0.15) is 5.69 Å². The van der Waals surface area contributed by atoms with E-state index in [2.05, 4.69) is 20.3 Å². The molecule has 2 aromatic heterocycles. The van der Waals surface area contributed by atoms with Crippen LogP contribution in [-0.2, 0) is 6.42 Å². The smallest absolute Gasteiger partial charge is 0.271 e. The molecule has 0 aliphatic rings. The van der Waals surface area contributed by atoms with E-state index in [0.29, 0.717) is 12.2 Å². The molecule has 5 nitrogen and oxygen atoms in total. The predicted molar refractivity (Wildman–Crippen MR) is 64.9 cm³/mol. The van der Waals surface area contributed by atoms with E-state index in [0.717, 1.165) is 12.1 Å². The molecule has 0 aromatic carbocycles. The van der Waals surface area contributed by atoms with Crippen LogP contribution in [0.5, 0.6) is 0 Å². The molecule has 0 atom stereocenters. The van der Waals surface area contributed by atoms with Crippen LogP contribution < -0.4 is 5.32 Å². The van der Waals surface area contributed by atoms with E-state index in [1.54, 1.807) is 11.3 Å². The third-order valence-corrected chi connectivity index (χ3v) is 3.27. The van der Waals surface area contributed by atoms with Crippen molar-refractivity contribution in [3.8, 4) is 0 Å². The van der Waals surface area contributed by atoms with Crippen molar-refractivity contribution in [1.29, 1.82) is 0 Å². The number of thiazole rings is 1. The van der Waals surface area contributed by atoms with Crippen molar-refractivity contribution in [2.24, 2.45) is 0 Å². The van der Waals surface area contributed by atoms with Gasteiger partial charge in [0.15, 0.2) is 0 Å². The van der Waals surface area contributed by atoms with Gasteiger partial charge in [0, 0.05) is 30.2 Å². The highest BCUT2D eigenvalue weighted by Crippen LogP contribution is 2.11. The number of aryl methyl sites for hydroxylation is 1. The van der Waals surface area contributed by atoms with Gasteiger partial charge >= 0.3 is 0 Å². The molecule has 2 aromatic rings. The highest BCUT2D eigenvalue weighted by Gasteiger charge is 2.07. The van der Waals surface area contributed by atoms with Gasteiger partial charge in [0.05, 0.1) is 17.4 Å². The molecule has 0 unspecified atom stereocenters. The average molecular weight is 248 g/mol. The maximum atomic E-state index is 11.6. The average Bonchev–Trinajstić information content (AvgIpc) is 2.76. The minimum atomic E-state index is -0.194.